The van der Waals surface area contributed by atoms with E-state index in [9.17, 15) is 9.59 Å². The highest BCUT2D eigenvalue weighted by Gasteiger charge is 2.50. The third-order valence-corrected chi connectivity index (χ3v) is 7.11. The molecule has 32 heavy (non-hydrogen) atoms. The molecular formula is C22H29N7O3. The number of carbonyl (C=O) groups is 2. The van der Waals surface area contributed by atoms with Crippen LogP contribution in [0.2, 0.25) is 0 Å². The van der Waals surface area contributed by atoms with Gasteiger partial charge in [-0.2, -0.15) is 4.98 Å². The maximum absolute atomic E-state index is 12.7. The summed E-state index contributed by atoms with van der Waals surface area (Å²) >= 11 is 0. The lowest BCUT2D eigenvalue weighted by Crippen LogP contribution is -2.41. The van der Waals surface area contributed by atoms with Crippen molar-refractivity contribution >= 4 is 29.4 Å². The van der Waals surface area contributed by atoms with Crippen LogP contribution in [0.1, 0.15) is 58.8 Å². The molecule has 3 fully saturated rings. The number of rotatable bonds is 6. The van der Waals surface area contributed by atoms with Gasteiger partial charge in [0.15, 0.2) is 0 Å². The maximum Gasteiger partial charge on any atom is 0.332 e. The van der Waals surface area contributed by atoms with Crippen molar-refractivity contribution in [2.45, 2.75) is 75.9 Å². The molecule has 2 aromatic heterocycles. The van der Waals surface area contributed by atoms with Crippen LogP contribution >= 0.6 is 0 Å². The number of urea groups is 1. The Hall–Kier alpha value is -3.17. The summed E-state index contributed by atoms with van der Waals surface area (Å²) in [5.74, 6) is 1.75. The van der Waals surface area contributed by atoms with E-state index in [1.807, 2.05) is 6.07 Å². The minimum absolute atomic E-state index is 0.0694. The van der Waals surface area contributed by atoms with Gasteiger partial charge < -0.3 is 20.1 Å². The molecule has 170 valence electrons. The molecule has 1 aliphatic heterocycles. The lowest BCUT2D eigenvalue weighted by molar-refractivity contribution is -0.123. The van der Waals surface area contributed by atoms with E-state index in [4.69, 9.17) is 4.52 Å². The standard InChI is InChI=1S/C22H29N7O3/c1-21(2)18(30)29(20(31)28(21)4)15-7-8-16(23-12-15)24-13-5-6-14(11-13)25-19-26-17(32-27-19)22(3)9-10-22/h7-8,12-14H,5-6,9-11H2,1-4H3,(H,23,24)(H,25,27)/t13-,14-/m0/s1. The van der Waals surface area contributed by atoms with Gasteiger partial charge in [0.05, 0.1) is 11.9 Å². The second kappa shape index (κ2) is 7.18. The van der Waals surface area contributed by atoms with E-state index in [0.717, 1.165) is 43.8 Å². The number of nitrogens with zero attached hydrogens (tertiary/aromatic N) is 5. The van der Waals surface area contributed by atoms with Gasteiger partial charge in [0.2, 0.25) is 5.89 Å². The van der Waals surface area contributed by atoms with Crippen molar-refractivity contribution in [2.24, 2.45) is 0 Å². The predicted octanol–water partition coefficient (Wildman–Crippen LogP) is 3.14. The molecule has 2 saturated carbocycles. The SMILES string of the molecule is CN1C(=O)N(c2ccc(N[C@H]3CC[C@H](Nc4noc(C5(C)CC5)n4)C3)nc2)C(=O)C1(C)C. The molecule has 2 aromatic rings. The highest BCUT2D eigenvalue weighted by molar-refractivity contribution is 6.22. The first-order chi connectivity index (χ1) is 15.2. The molecule has 10 nitrogen and oxygen atoms in total. The van der Waals surface area contributed by atoms with Crippen molar-refractivity contribution in [2.75, 3.05) is 22.6 Å². The summed E-state index contributed by atoms with van der Waals surface area (Å²) in [7, 11) is 1.63. The number of amides is 3. The molecule has 2 aliphatic carbocycles. The molecule has 0 bridgehead atoms. The summed E-state index contributed by atoms with van der Waals surface area (Å²) in [4.78, 5) is 36.7. The first kappa shape index (κ1) is 20.7. The van der Waals surface area contributed by atoms with Crippen LogP contribution in [0.3, 0.4) is 0 Å². The smallest absolute Gasteiger partial charge is 0.332 e. The predicted molar refractivity (Wildman–Crippen MR) is 119 cm³/mol. The molecule has 0 aromatic carbocycles. The van der Waals surface area contributed by atoms with Gasteiger partial charge in [-0.3, -0.25) is 4.79 Å². The van der Waals surface area contributed by atoms with Crippen LogP contribution < -0.4 is 15.5 Å². The fourth-order valence-electron chi connectivity index (χ4n) is 4.29. The van der Waals surface area contributed by atoms with Gasteiger partial charge in [-0.1, -0.05) is 6.92 Å². The monoisotopic (exact) mass is 439 g/mol. The van der Waals surface area contributed by atoms with Gasteiger partial charge in [-0.15, -0.1) is 0 Å². The Labute approximate surface area is 186 Å². The van der Waals surface area contributed by atoms with E-state index in [1.165, 1.54) is 9.80 Å². The number of likely N-dealkylation sites (N-methyl/N-ethyl adjacent to an activating group) is 1. The zero-order valence-electron chi connectivity index (χ0n) is 18.9. The van der Waals surface area contributed by atoms with Gasteiger partial charge >= 0.3 is 6.03 Å². The van der Waals surface area contributed by atoms with Crippen molar-refractivity contribution in [3.05, 3.63) is 24.2 Å². The zero-order chi connectivity index (χ0) is 22.7. The first-order valence-electron chi connectivity index (χ1n) is 11.1. The molecule has 0 radical (unpaired) electrons. The molecular weight excluding hydrogens is 410 g/mol. The molecule has 0 spiro atoms. The van der Waals surface area contributed by atoms with Crippen molar-refractivity contribution < 1.29 is 14.1 Å². The van der Waals surface area contributed by atoms with Crippen molar-refractivity contribution in [3.63, 3.8) is 0 Å². The van der Waals surface area contributed by atoms with Crippen LogP contribution in [0.4, 0.5) is 22.2 Å². The Bertz CT molecular complexity index is 1040. The summed E-state index contributed by atoms with van der Waals surface area (Å²) in [6.07, 6.45) is 6.67. The lowest BCUT2D eigenvalue weighted by Gasteiger charge is -2.22. The van der Waals surface area contributed by atoms with E-state index >= 15 is 0 Å². The van der Waals surface area contributed by atoms with Crippen LogP contribution in [-0.4, -0.2) is 56.6 Å². The van der Waals surface area contributed by atoms with Crippen molar-refractivity contribution in [3.8, 4) is 0 Å². The largest absolute Gasteiger partial charge is 0.367 e. The normalized spacial score (nSPS) is 26.0. The van der Waals surface area contributed by atoms with E-state index < -0.39 is 5.54 Å². The summed E-state index contributed by atoms with van der Waals surface area (Å²) in [5.41, 5.74) is -0.318. The van der Waals surface area contributed by atoms with Gasteiger partial charge in [-0.25, -0.2) is 14.7 Å². The summed E-state index contributed by atoms with van der Waals surface area (Å²) in [6, 6.07) is 3.75. The first-order valence-corrected chi connectivity index (χ1v) is 11.1. The number of pyridine rings is 1. The number of imide groups is 1. The summed E-state index contributed by atoms with van der Waals surface area (Å²) in [5, 5.41) is 10.9. The highest BCUT2D eigenvalue weighted by atomic mass is 16.5. The van der Waals surface area contributed by atoms with Crippen LogP contribution in [-0.2, 0) is 10.2 Å². The average Bonchev–Trinajstić information content (AvgIpc) is 3.10. The fraction of sp³-hybridized carbons (Fsp3) is 0.591. The van der Waals surface area contributed by atoms with E-state index in [2.05, 4.69) is 32.7 Å². The minimum atomic E-state index is -0.865. The molecule has 2 atom stereocenters. The molecule has 3 amide bonds. The van der Waals surface area contributed by atoms with Gasteiger partial charge in [0.25, 0.3) is 11.9 Å². The third kappa shape index (κ3) is 3.47. The quantitative estimate of drug-likeness (QED) is 0.660. The molecule has 10 heteroatoms. The summed E-state index contributed by atoms with van der Waals surface area (Å²) in [6.45, 7) is 5.62. The van der Waals surface area contributed by atoms with Crippen molar-refractivity contribution in [1.82, 2.24) is 20.0 Å². The molecule has 3 aliphatic rings. The Kier molecular flexibility index (Phi) is 4.65. The lowest BCUT2D eigenvalue weighted by atomic mass is 10.1. The number of hydrogen-bond donors (Lipinski definition) is 2. The number of nitrogens with one attached hydrogen (secondary N) is 2. The van der Waals surface area contributed by atoms with Crippen LogP contribution in [0.25, 0.3) is 0 Å². The Morgan fingerprint density at radius 1 is 1.09 bits per heavy atom. The van der Waals surface area contributed by atoms with E-state index in [1.54, 1.807) is 33.2 Å². The Balaban J connectivity index is 1.17. The van der Waals surface area contributed by atoms with Gasteiger partial charge in [-0.05, 0) is 63.2 Å². The fourth-order valence-corrected chi connectivity index (χ4v) is 4.29. The van der Waals surface area contributed by atoms with Crippen molar-refractivity contribution in [1.29, 1.82) is 0 Å². The molecule has 2 N–H and O–H groups in total. The Morgan fingerprint density at radius 2 is 1.81 bits per heavy atom. The number of anilines is 3. The zero-order valence-corrected chi connectivity index (χ0v) is 18.9. The van der Waals surface area contributed by atoms with Crippen LogP contribution in [0, 0.1) is 0 Å². The van der Waals surface area contributed by atoms with Gasteiger partial charge in [0, 0.05) is 24.5 Å². The maximum atomic E-state index is 12.7. The molecule has 3 heterocycles. The van der Waals surface area contributed by atoms with E-state index in [-0.39, 0.29) is 29.4 Å². The second-order valence-corrected chi connectivity index (χ2v) is 9.92. The number of aromatic nitrogens is 3. The van der Waals surface area contributed by atoms with Crippen LogP contribution in [0.15, 0.2) is 22.9 Å². The van der Waals surface area contributed by atoms with E-state index in [0.29, 0.717) is 11.6 Å². The second-order valence-electron chi connectivity index (χ2n) is 9.92. The number of carbonyl (C=O) groups excluding carboxylic acids is 2. The number of hydrogen-bond acceptors (Lipinski definition) is 8. The average molecular weight is 440 g/mol. The minimum Gasteiger partial charge on any atom is -0.367 e. The summed E-state index contributed by atoms with van der Waals surface area (Å²) < 4.78 is 5.41. The van der Waals surface area contributed by atoms with Crippen LogP contribution in [0.5, 0.6) is 0 Å². The topological polar surface area (TPSA) is 116 Å². The molecule has 5 rings (SSSR count). The van der Waals surface area contributed by atoms with Gasteiger partial charge in [0.1, 0.15) is 11.4 Å². The molecule has 1 saturated heterocycles. The highest BCUT2D eigenvalue weighted by Crippen LogP contribution is 2.46. The third-order valence-electron chi connectivity index (χ3n) is 7.11. The molecule has 0 unspecified atom stereocenters. The Morgan fingerprint density at radius 3 is 2.41 bits per heavy atom.